The molecule has 162 valence electrons. The molecule has 0 aliphatic carbocycles. The van der Waals surface area contributed by atoms with Gasteiger partial charge in [-0.1, -0.05) is 17.7 Å². The van der Waals surface area contributed by atoms with Crippen molar-refractivity contribution in [2.45, 2.75) is 26.1 Å². The number of nitrogens with zero attached hydrogens (tertiary/aromatic N) is 5. The number of alkyl halides is 3. The van der Waals surface area contributed by atoms with E-state index < -0.39 is 17.8 Å². The fourth-order valence-corrected chi connectivity index (χ4v) is 3.19. The highest BCUT2D eigenvalue weighted by molar-refractivity contribution is 6.34. The van der Waals surface area contributed by atoms with E-state index in [4.69, 9.17) is 20.8 Å². The monoisotopic (exact) mass is 452 g/mol. The standard InChI is InChI=1S/C19H16ClF3N6O2/c1-3-30-15-6-4-5-14(28-15)29-17(24-9-25-29)10(2)26-18-27-13-8-11(19(21,22)23)7-12(20)16(13)31-18/h4-10H,3H2,1-2H3,(H,26,27)/t10-/m0/s1. The molecule has 1 N–H and O–H groups in total. The Labute approximate surface area is 179 Å². The van der Waals surface area contributed by atoms with E-state index in [1.54, 1.807) is 25.1 Å². The van der Waals surface area contributed by atoms with Crippen LogP contribution in [0.25, 0.3) is 16.9 Å². The van der Waals surface area contributed by atoms with Gasteiger partial charge >= 0.3 is 6.18 Å². The number of halogens is 4. The maximum Gasteiger partial charge on any atom is 0.416 e. The Hall–Kier alpha value is -3.34. The summed E-state index contributed by atoms with van der Waals surface area (Å²) in [5.74, 6) is 1.41. The number of hydrogen-bond acceptors (Lipinski definition) is 7. The summed E-state index contributed by atoms with van der Waals surface area (Å²) in [7, 11) is 0. The number of anilines is 1. The first-order valence-electron chi connectivity index (χ1n) is 9.20. The van der Waals surface area contributed by atoms with Gasteiger partial charge < -0.3 is 14.5 Å². The largest absolute Gasteiger partial charge is 0.478 e. The molecule has 8 nitrogen and oxygen atoms in total. The van der Waals surface area contributed by atoms with Crippen LogP contribution in [0.4, 0.5) is 19.2 Å². The predicted octanol–water partition coefficient (Wildman–Crippen LogP) is 5.05. The van der Waals surface area contributed by atoms with Gasteiger partial charge in [-0.3, -0.25) is 0 Å². The summed E-state index contributed by atoms with van der Waals surface area (Å²) in [6.45, 7) is 4.09. The maximum absolute atomic E-state index is 13.0. The van der Waals surface area contributed by atoms with Crippen LogP contribution in [-0.4, -0.2) is 31.3 Å². The minimum absolute atomic E-state index is 0.00528. The number of ether oxygens (including phenoxy) is 1. The number of benzene rings is 1. The van der Waals surface area contributed by atoms with E-state index in [0.717, 1.165) is 12.1 Å². The lowest BCUT2D eigenvalue weighted by Gasteiger charge is -2.13. The van der Waals surface area contributed by atoms with Gasteiger partial charge in [-0.05, 0) is 32.0 Å². The molecule has 1 aromatic carbocycles. The molecule has 0 aliphatic heterocycles. The Morgan fingerprint density at radius 1 is 1.26 bits per heavy atom. The average Bonchev–Trinajstić information content (AvgIpc) is 3.35. The minimum atomic E-state index is -4.54. The molecular weight excluding hydrogens is 437 g/mol. The van der Waals surface area contributed by atoms with Crippen LogP contribution in [-0.2, 0) is 6.18 Å². The first-order valence-corrected chi connectivity index (χ1v) is 9.58. The van der Waals surface area contributed by atoms with E-state index in [0.29, 0.717) is 24.1 Å². The lowest BCUT2D eigenvalue weighted by atomic mass is 10.2. The molecule has 4 aromatic rings. The van der Waals surface area contributed by atoms with Crippen LogP contribution in [0.2, 0.25) is 5.02 Å². The molecule has 4 rings (SSSR count). The summed E-state index contributed by atoms with van der Waals surface area (Å²) in [5.41, 5.74) is -0.864. The van der Waals surface area contributed by atoms with Gasteiger partial charge in [0.05, 0.1) is 23.2 Å². The molecule has 1 atom stereocenters. The van der Waals surface area contributed by atoms with Gasteiger partial charge in [0.25, 0.3) is 6.01 Å². The molecule has 12 heteroatoms. The highest BCUT2D eigenvalue weighted by Crippen LogP contribution is 2.36. The number of aromatic nitrogens is 5. The van der Waals surface area contributed by atoms with E-state index >= 15 is 0 Å². The van der Waals surface area contributed by atoms with Crippen LogP contribution in [0, 0.1) is 0 Å². The Morgan fingerprint density at radius 2 is 2.06 bits per heavy atom. The average molecular weight is 453 g/mol. The van der Waals surface area contributed by atoms with Crippen LogP contribution in [0.5, 0.6) is 5.88 Å². The van der Waals surface area contributed by atoms with Crippen molar-refractivity contribution in [3.05, 3.63) is 53.1 Å². The van der Waals surface area contributed by atoms with Crippen LogP contribution in [0.3, 0.4) is 0 Å². The van der Waals surface area contributed by atoms with Gasteiger partial charge in [0, 0.05) is 6.07 Å². The summed E-state index contributed by atoms with van der Waals surface area (Å²) in [5, 5.41) is 6.98. The molecule has 0 amide bonds. The normalized spacial score (nSPS) is 12.8. The first kappa shape index (κ1) is 20.9. The zero-order chi connectivity index (χ0) is 22.2. The molecule has 0 unspecified atom stereocenters. The zero-order valence-corrected chi connectivity index (χ0v) is 17.1. The molecule has 31 heavy (non-hydrogen) atoms. The fourth-order valence-electron chi connectivity index (χ4n) is 2.94. The molecule has 0 saturated carbocycles. The number of hydrogen-bond donors (Lipinski definition) is 1. The third-order valence-corrected chi connectivity index (χ3v) is 4.57. The number of fused-ring (bicyclic) bond motifs is 1. The van der Waals surface area contributed by atoms with Crippen molar-refractivity contribution in [2.75, 3.05) is 11.9 Å². The van der Waals surface area contributed by atoms with Crippen molar-refractivity contribution in [3.8, 4) is 11.7 Å². The second kappa shape index (κ2) is 8.06. The van der Waals surface area contributed by atoms with Crippen LogP contribution in [0.15, 0.2) is 41.1 Å². The Bertz CT molecular complexity index is 1220. The lowest BCUT2D eigenvalue weighted by Crippen LogP contribution is -2.15. The smallest absolute Gasteiger partial charge is 0.416 e. The van der Waals surface area contributed by atoms with Crippen molar-refractivity contribution in [3.63, 3.8) is 0 Å². The minimum Gasteiger partial charge on any atom is -0.478 e. The maximum atomic E-state index is 13.0. The summed E-state index contributed by atoms with van der Waals surface area (Å²) in [6, 6.07) is 6.44. The SMILES string of the molecule is CCOc1cccc(-n2ncnc2[C@H](C)Nc2nc3cc(C(F)(F)F)cc(Cl)c3o2)n1. The molecule has 0 aliphatic rings. The number of oxazole rings is 1. The zero-order valence-electron chi connectivity index (χ0n) is 16.3. The van der Waals surface area contributed by atoms with Crippen molar-refractivity contribution >= 4 is 28.7 Å². The van der Waals surface area contributed by atoms with Gasteiger partial charge in [-0.2, -0.15) is 32.9 Å². The second-order valence-electron chi connectivity index (χ2n) is 6.49. The molecule has 0 bridgehead atoms. The predicted molar refractivity (Wildman–Crippen MR) is 106 cm³/mol. The molecular formula is C19H16ClF3N6O2. The van der Waals surface area contributed by atoms with Gasteiger partial charge in [0.15, 0.2) is 17.2 Å². The van der Waals surface area contributed by atoms with Gasteiger partial charge in [0.1, 0.15) is 11.8 Å². The van der Waals surface area contributed by atoms with E-state index in [2.05, 4.69) is 25.4 Å². The van der Waals surface area contributed by atoms with Gasteiger partial charge in [0.2, 0.25) is 5.88 Å². The molecule has 0 spiro atoms. The highest BCUT2D eigenvalue weighted by Gasteiger charge is 2.32. The fraction of sp³-hybridized carbons (Fsp3) is 0.263. The number of rotatable bonds is 6. The number of pyridine rings is 1. The Morgan fingerprint density at radius 3 is 2.81 bits per heavy atom. The first-order chi connectivity index (χ1) is 14.8. The van der Waals surface area contributed by atoms with Crippen molar-refractivity contribution in [2.24, 2.45) is 0 Å². The molecule has 3 heterocycles. The van der Waals surface area contributed by atoms with E-state index in [1.165, 1.54) is 11.0 Å². The third-order valence-electron chi connectivity index (χ3n) is 4.29. The third kappa shape index (κ3) is 4.26. The van der Waals surface area contributed by atoms with Crippen LogP contribution >= 0.6 is 11.6 Å². The van der Waals surface area contributed by atoms with Crippen molar-refractivity contribution in [1.29, 1.82) is 0 Å². The molecule has 3 aromatic heterocycles. The van der Waals surface area contributed by atoms with Gasteiger partial charge in [-0.25, -0.2) is 4.98 Å². The van der Waals surface area contributed by atoms with E-state index in [1.807, 2.05) is 6.92 Å². The Kier molecular flexibility index (Phi) is 5.44. The van der Waals surface area contributed by atoms with E-state index in [-0.39, 0.29) is 22.1 Å². The van der Waals surface area contributed by atoms with E-state index in [9.17, 15) is 13.2 Å². The van der Waals surface area contributed by atoms with Crippen LogP contribution in [0.1, 0.15) is 31.3 Å². The summed E-state index contributed by atoms with van der Waals surface area (Å²) >= 11 is 5.96. The van der Waals surface area contributed by atoms with Crippen molar-refractivity contribution in [1.82, 2.24) is 24.7 Å². The molecule has 0 saturated heterocycles. The van der Waals surface area contributed by atoms with Crippen molar-refractivity contribution < 1.29 is 22.3 Å². The molecule has 0 radical (unpaired) electrons. The Balaban J connectivity index is 1.62. The molecule has 0 fully saturated rings. The number of nitrogens with one attached hydrogen (secondary N) is 1. The summed E-state index contributed by atoms with van der Waals surface area (Å²) < 4.78 is 51.5. The summed E-state index contributed by atoms with van der Waals surface area (Å²) in [4.78, 5) is 12.7. The quantitative estimate of drug-likeness (QED) is 0.438. The second-order valence-corrected chi connectivity index (χ2v) is 6.89. The van der Waals surface area contributed by atoms with Crippen LogP contribution < -0.4 is 10.1 Å². The van der Waals surface area contributed by atoms with Gasteiger partial charge in [-0.15, -0.1) is 0 Å². The highest BCUT2D eigenvalue weighted by atomic mass is 35.5. The lowest BCUT2D eigenvalue weighted by molar-refractivity contribution is -0.137. The summed E-state index contributed by atoms with van der Waals surface area (Å²) in [6.07, 6.45) is -3.18. The topological polar surface area (TPSA) is 90.9 Å².